The SMILES string of the molecule is COc1cc(C(=O)N(C)CC(CCN2CCC(C(=O)c3nc4ccccc4n3Cc3ccc(C(=O)O)cc3)CC2)c2ccc(Cl)c(Cl)c2)cc(OC)c1OC. The number of para-hydroxylation sites is 2. The Morgan fingerprint density at radius 2 is 1.55 bits per heavy atom. The summed E-state index contributed by atoms with van der Waals surface area (Å²) in [7, 11) is 6.31. The van der Waals surface area contributed by atoms with Gasteiger partial charge in [0, 0.05) is 37.5 Å². The molecule has 6 rings (SSSR count). The number of imidazole rings is 1. The Hall–Kier alpha value is -5.10. The zero-order valence-corrected chi connectivity index (χ0v) is 32.8. The number of methoxy groups -OCH3 is 3. The van der Waals surface area contributed by atoms with Gasteiger partial charge in [-0.1, -0.05) is 53.5 Å². The molecule has 0 bridgehead atoms. The van der Waals surface area contributed by atoms with Crippen molar-refractivity contribution in [2.45, 2.75) is 31.7 Å². The number of amides is 1. The van der Waals surface area contributed by atoms with Crippen molar-refractivity contribution in [2.24, 2.45) is 5.92 Å². The number of ether oxygens (including phenoxy) is 3. The highest BCUT2D eigenvalue weighted by molar-refractivity contribution is 6.42. The maximum atomic E-state index is 14.1. The molecule has 1 aliphatic rings. The first kappa shape index (κ1) is 39.6. The third-order valence-electron chi connectivity index (χ3n) is 10.3. The summed E-state index contributed by atoms with van der Waals surface area (Å²) in [6, 6.07) is 23.3. The van der Waals surface area contributed by atoms with Crippen LogP contribution in [0, 0.1) is 5.92 Å². The number of carbonyl (C=O) groups excluding carboxylic acids is 2. The molecule has 1 aliphatic heterocycles. The average Bonchev–Trinajstić information content (AvgIpc) is 3.57. The van der Waals surface area contributed by atoms with E-state index in [4.69, 9.17) is 42.4 Å². The molecular formula is C42H44Cl2N4O7. The largest absolute Gasteiger partial charge is 0.493 e. The number of aromatic carboxylic acids is 1. The molecule has 0 aliphatic carbocycles. The van der Waals surface area contributed by atoms with Gasteiger partial charge in [0.05, 0.1) is 48.0 Å². The lowest BCUT2D eigenvalue weighted by atomic mass is 9.90. The molecule has 1 atom stereocenters. The van der Waals surface area contributed by atoms with Crippen LogP contribution in [0.3, 0.4) is 0 Å². The van der Waals surface area contributed by atoms with Gasteiger partial charge in [-0.3, -0.25) is 9.59 Å². The van der Waals surface area contributed by atoms with Crippen LogP contribution >= 0.6 is 23.2 Å². The minimum Gasteiger partial charge on any atom is -0.493 e. The fourth-order valence-electron chi connectivity index (χ4n) is 7.27. The van der Waals surface area contributed by atoms with E-state index in [1.807, 2.05) is 41.0 Å². The lowest BCUT2D eigenvalue weighted by Crippen LogP contribution is -2.38. The van der Waals surface area contributed by atoms with Crippen LogP contribution in [0.1, 0.15) is 67.6 Å². The van der Waals surface area contributed by atoms with Gasteiger partial charge < -0.3 is 33.7 Å². The van der Waals surface area contributed by atoms with E-state index in [1.54, 1.807) is 54.4 Å². The molecular weight excluding hydrogens is 743 g/mol. The molecule has 1 aromatic heterocycles. The summed E-state index contributed by atoms with van der Waals surface area (Å²) in [5, 5.41) is 10.2. The molecule has 0 radical (unpaired) electrons. The molecule has 1 saturated heterocycles. The normalized spacial score (nSPS) is 14.1. The van der Waals surface area contributed by atoms with Gasteiger partial charge in [0.25, 0.3) is 5.91 Å². The number of ketones is 1. The summed E-state index contributed by atoms with van der Waals surface area (Å²) in [4.78, 5) is 48.1. The standard InChI is InChI=1S/C42H44Cl2N4O7/c1-46(41(50)31-22-36(53-2)39(55-4)37(23-31)54-3)25-30(29-13-14-32(43)33(44)21-29)17-20-47-18-15-27(16-19-47)38(49)40-45-34-7-5-6-8-35(34)48(40)24-26-9-11-28(12-10-26)42(51)52/h5-14,21-23,27,30H,15-20,24-25H2,1-4H3,(H,51,52). The number of aromatic nitrogens is 2. The highest BCUT2D eigenvalue weighted by Crippen LogP contribution is 2.39. The molecule has 11 nitrogen and oxygen atoms in total. The van der Waals surface area contributed by atoms with Crippen LogP contribution in [-0.4, -0.2) is 96.7 Å². The van der Waals surface area contributed by atoms with Gasteiger partial charge in [-0.15, -0.1) is 0 Å². The second-order valence-corrected chi connectivity index (χ2v) is 14.6. The summed E-state index contributed by atoms with van der Waals surface area (Å²) in [6.45, 7) is 3.04. The van der Waals surface area contributed by atoms with Crippen molar-refractivity contribution in [1.29, 1.82) is 0 Å². The summed E-state index contributed by atoms with van der Waals surface area (Å²) in [6.07, 6.45) is 2.11. The van der Waals surface area contributed by atoms with E-state index in [0.717, 1.165) is 48.2 Å². The number of likely N-dealkylation sites (tertiary alicyclic amines) is 1. The topological polar surface area (TPSA) is 123 Å². The number of carboxylic acid groups (broad SMARTS) is 1. The summed E-state index contributed by atoms with van der Waals surface area (Å²) >= 11 is 12.8. The van der Waals surface area contributed by atoms with Gasteiger partial charge in [0.1, 0.15) is 0 Å². The third-order valence-corrected chi connectivity index (χ3v) is 11.1. The van der Waals surface area contributed by atoms with Crippen molar-refractivity contribution in [2.75, 3.05) is 54.6 Å². The van der Waals surface area contributed by atoms with Crippen LogP contribution in [-0.2, 0) is 6.54 Å². The number of nitrogens with zero attached hydrogens (tertiary/aromatic N) is 4. The predicted octanol–water partition coefficient (Wildman–Crippen LogP) is 7.96. The van der Waals surface area contributed by atoms with Crippen LogP contribution in [0.4, 0.5) is 0 Å². The van der Waals surface area contributed by atoms with Crippen LogP contribution in [0.2, 0.25) is 10.0 Å². The number of Topliss-reactive ketones (excluding diaryl/α,β-unsaturated/α-hetero) is 1. The van der Waals surface area contributed by atoms with E-state index in [2.05, 4.69) is 4.90 Å². The number of carboxylic acids is 1. The minimum atomic E-state index is -0.985. The second-order valence-electron chi connectivity index (χ2n) is 13.8. The van der Waals surface area contributed by atoms with Crippen LogP contribution < -0.4 is 14.2 Å². The fourth-order valence-corrected chi connectivity index (χ4v) is 7.57. The Labute approximate surface area is 330 Å². The molecule has 1 amide bonds. The molecule has 288 valence electrons. The molecule has 2 heterocycles. The molecule has 0 saturated carbocycles. The molecule has 0 spiro atoms. The summed E-state index contributed by atoms with van der Waals surface area (Å²) in [5.74, 6) is 0.196. The number of hydrogen-bond donors (Lipinski definition) is 1. The van der Waals surface area contributed by atoms with Gasteiger partial charge in [0.15, 0.2) is 17.3 Å². The quantitative estimate of drug-likeness (QED) is 0.105. The predicted molar refractivity (Wildman–Crippen MR) is 213 cm³/mol. The van der Waals surface area contributed by atoms with Crippen LogP contribution in [0.5, 0.6) is 17.2 Å². The number of piperidine rings is 1. The van der Waals surface area contributed by atoms with Gasteiger partial charge in [0.2, 0.25) is 11.5 Å². The van der Waals surface area contributed by atoms with Crippen molar-refractivity contribution >= 4 is 51.9 Å². The van der Waals surface area contributed by atoms with E-state index in [9.17, 15) is 19.5 Å². The molecule has 5 aromatic rings. The summed E-state index contributed by atoms with van der Waals surface area (Å²) < 4.78 is 18.3. The van der Waals surface area contributed by atoms with E-state index < -0.39 is 5.97 Å². The first-order valence-electron chi connectivity index (χ1n) is 18.1. The molecule has 4 aromatic carbocycles. The van der Waals surface area contributed by atoms with Crippen molar-refractivity contribution in [1.82, 2.24) is 19.4 Å². The van der Waals surface area contributed by atoms with E-state index >= 15 is 0 Å². The van der Waals surface area contributed by atoms with Crippen LogP contribution in [0.25, 0.3) is 11.0 Å². The monoisotopic (exact) mass is 786 g/mol. The van der Waals surface area contributed by atoms with Gasteiger partial charge in [-0.25, -0.2) is 9.78 Å². The molecule has 1 unspecified atom stereocenters. The molecule has 1 N–H and O–H groups in total. The number of hydrogen-bond acceptors (Lipinski definition) is 8. The highest BCUT2D eigenvalue weighted by Gasteiger charge is 2.30. The average molecular weight is 788 g/mol. The van der Waals surface area contributed by atoms with Crippen LogP contribution in [0.15, 0.2) is 78.9 Å². The first-order chi connectivity index (χ1) is 26.5. The number of halogens is 2. The maximum absolute atomic E-state index is 14.1. The fraction of sp³-hybridized carbons (Fsp3) is 0.333. The van der Waals surface area contributed by atoms with E-state index in [1.165, 1.54) is 21.3 Å². The second kappa shape index (κ2) is 17.6. The maximum Gasteiger partial charge on any atom is 0.335 e. The lowest BCUT2D eigenvalue weighted by Gasteiger charge is -2.33. The molecule has 13 heteroatoms. The van der Waals surface area contributed by atoms with Crippen molar-refractivity contribution < 1.29 is 33.7 Å². The number of rotatable bonds is 15. The van der Waals surface area contributed by atoms with Crippen molar-refractivity contribution in [3.8, 4) is 17.2 Å². The molecule has 1 fully saturated rings. The van der Waals surface area contributed by atoms with E-state index in [0.29, 0.717) is 64.6 Å². The zero-order valence-electron chi connectivity index (χ0n) is 31.3. The smallest absolute Gasteiger partial charge is 0.335 e. The Morgan fingerprint density at radius 1 is 0.873 bits per heavy atom. The summed E-state index contributed by atoms with van der Waals surface area (Å²) in [5.41, 5.74) is 4.06. The Morgan fingerprint density at radius 3 is 2.16 bits per heavy atom. The highest BCUT2D eigenvalue weighted by atomic mass is 35.5. The van der Waals surface area contributed by atoms with Gasteiger partial charge in [-0.05, 0) is 98.6 Å². The number of carbonyl (C=O) groups is 3. The van der Waals surface area contributed by atoms with Crippen molar-refractivity contribution in [3.63, 3.8) is 0 Å². The molecule has 55 heavy (non-hydrogen) atoms. The third kappa shape index (κ3) is 8.91. The number of fused-ring (bicyclic) bond motifs is 1. The van der Waals surface area contributed by atoms with Gasteiger partial charge >= 0.3 is 5.97 Å². The lowest BCUT2D eigenvalue weighted by molar-refractivity contribution is 0.0695. The van der Waals surface area contributed by atoms with E-state index in [-0.39, 0.29) is 29.1 Å². The number of benzene rings is 4. The first-order valence-corrected chi connectivity index (χ1v) is 18.8. The minimum absolute atomic E-state index is 0.0126. The Balaban J connectivity index is 1.14. The van der Waals surface area contributed by atoms with Crippen molar-refractivity contribution in [3.05, 3.63) is 117 Å². The Bertz CT molecular complexity index is 2160. The van der Waals surface area contributed by atoms with Gasteiger partial charge in [-0.2, -0.15) is 0 Å². The number of likely N-dealkylation sites (N-methyl/N-ethyl adjacent to an activating group) is 1. The zero-order chi connectivity index (χ0) is 39.2. The Kier molecular flexibility index (Phi) is 12.7.